The number of cyclic esters (lactones) is 1. The van der Waals surface area contributed by atoms with Gasteiger partial charge in [-0.15, -0.1) is 0 Å². The van der Waals surface area contributed by atoms with Crippen molar-refractivity contribution in [3.05, 3.63) is 46.8 Å². The summed E-state index contributed by atoms with van der Waals surface area (Å²) in [5.74, 6) is -0.00970. The number of halogens is 3. The molecule has 178 valence electrons. The second-order valence-electron chi connectivity index (χ2n) is 9.16. The number of piperidine rings is 1. The topological polar surface area (TPSA) is 78.8 Å². The second-order valence-corrected chi connectivity index (χ2v) is 9.16. The molecule has 33 heavy (non-hydrogen) atoms. The Bertz CT molecular complexity index is 1050. The van der Waals surface area contributed by atoms with Gasteiger partial charge in [0.25, 0.3) is 0 Å². The number of aromatic nitrogens is 2. The molecule has 0 unspecified atom stereocenters. The maximum Gasteiger partial charge on any atom is 0.433 e. The van der Waals surface area contributed by atoms with E-state index in [4.69, 9.17) is 4.74 Å². The summed E-state index contributed by atoms with van der Waals surface area (Å²) in [6.07, 6.45) is -3.99. The summed E-state index contributed by atoms with van der Waals surface area (Å²) in [6, 6.07) is 7.40. The molecule has 10 heteroatoms. The minimum atomic E-state index is -4.64. The smallest absolute Gasteiger partial charge is 0.433 e. The zero-order valence-corrected chi connectivity index (χ0v) is 18.8. The Morgan fingerprint density at radius 2 is 1.76 bits per heavy atom. The number of aliphatic hydroxyl groups is 1. The number of alkyl halides is 3. The minimum Gasteiger partial charge on any atom is -0.444 e. The summed E-state index contributed by atoms with van der Waals surface area (Å²) in [5.41, 5.74) is -0.107. The fraction of sp³-hybridized carbons (Fsp3) is 0.522. The molecule has 0 aliphatic carbocycles. The van der Waals surface area contributed by atoms with Gasteiger partial charge >= 0.3 is 12.3 Å². The molecule has 1 amide bonds. The van der Waals surface area contributed by atoms with Crippen molar-refractivity contribution in [2.24, 2.45) is 0 Å². The summed E-state index contributed by atoms with van der Waals surface area (Å²) in [4.78, 5) is 24.2. The molecule has 2 aliphatic heterocycles. The summed E-state index contributed by atoms with van der Waals surface area (Å²) < 4.78 is 46.5. The first kappa shape index (κ1) is 23.3. The number of hydrogen-bond donors (Lipinski definition) is 1. The third-order valence-electron chi connectivity index (χ3n) is 6.35. The monoisotopic (exact) mass is 464 g/mol. The molecule has 1 N–H and O–H groups in total. The van der Waals surface area contributed by atoms with Gasteiger partial charge in [0.1, 0.15) is 6.61 Å². The highest BCUT2D eigenvalue weighted by Crippen LogP contribution is 2.37. The van der Waals surface area contributed by atoms with Crippen molar-refractivity contribution in [3.63, 3.8) is 0 Å². The molecule has 0 spiro atoms. The lowest BCUT2D eigenvalue weighted by Crippen LogP contribution is -2.50. The number of amides is 1. The number of carbonyl (C=O) groups is 1. The van der Waals surface area contributed by atoms with Crippen molar-refractivity contribution in [1.29, 1.82) is 0 Å². The summed E-state index contributed by atoms with van der Waals surface area (Å²) in [6.45, 7) is 5.29. The quantitative estimate of drug-likeness (QED) is 0.731. The van der Waals surface area contributed by atoms with Crippen molar-refractivity contribution in [1.82, 2.24) is 9.97 Å². The van der Waals surface area contributed by atoms with Crippen LogP contribution in [0.4, 0.5) is 29.6 Å². The van der Waals surface area contributed by atoms with Gasteiger partial charge in [-0.1, -0.05) is 32.0 Å². The van der Waals surface area contributed by atoms with E-state index < -0.39 is 23.4 Å². The van der Waals surface area contributed by atoms with Crippen molar-refractivity contribution >= 4 is 17.7 Å². The molecule has 0 radical (unpaired) electrons. The van der Waals surface area contributed by atoms with E-state index in [-0.39, 0.29) is 36.5 Å². The van der Waals surface area contributed by atoms with Gasteiger partial charge in [0.05, 0.1) is 18.0 Å². The molecule has 0 saturated carbocycles. The van der Waals surface area contributed by atoms with Crippen molar-refractivity contribution in [3.8, 4) is 0 Å². The van der Waals surface area contributed by atoms with Crippen LogP contribution in [0.1, 0.15) is 49.2 Å². The number of ether oxygens (including phenoxy) is 1. The SMILES string of the molecule is Cc1c(C(F)(F)F)nc(N2CCC(N3C(=O)OCc4ccccc43)CC2)nc1C(C)(C)CO. The van der Waals surface area contributed by atoms with Crippen LogP contribution in [0.15, 0.2) is 24.3 Å². The standard InChI is InChI=1S/C23H27F3N4O3/c1-14-18(22(2,3)13-31)27-20(28-19(14)23(24,25)26)29-10-8-16(9-11-29)30-17-7-5-4-6-15(17)12-33-21(30)32/h4-7,16,31H,8-13H2,1-3H3. The maximum absolute atomic E-state index is 13.7. The first-order chi connectivity index (χ1) is 15.5. The van der Waals surface area contributed by atoms with Crippen LogP contribution in [0.2, 0.25) is 0 Å². The first-order valence-corrected chi connectivity index (χ1v) is 10.9. The van der Waals surface area contributed by atoms with Gasteiger partial charge in [-0.25, -0.2) is 14.8 Å². The molecular weight excluding hydrogens is 437 g/mol. The van der Waals surface area contributed by atoms with E-state index in [2.05, 4.69) is 9.97 Å². The Labute approximate surface area is 190 Å². The van der Waals surface area contributed by atoms with E-state index in [1.54, 1.807) is 23.6 Å². The molecule has 1 aromatic heterocycles. The lowest BCUT2D eigenvalue weighted by atomic mass is 9.87. The number of aliphatic hydroxyl groups excluding tert-OH is 1. The molecular formula is C23H27F3N4O3. The molecule has 7 nitrogen and oxygen atoms in total. The van der Waals surface area contributed by atoms with E-state index in [0.29, 0.717) is 25.9 Å². The van der Waals surface area contributed by atoms with Crippen LogP contribution >= 0.6 is 0 Å². The zero-order valence-electron chi connectivity index (χ0n) is 18.8. The third kappa shape index (κ3) is 4.36. The van der Waals surface area contributed by atoms with E-state index in [9.17, 15) is 23.1 Å². The molecule has 1 aromatic carbocycles. The Balaban J connectivity index is 1.61. The number of anilines is 2. The number of fused-ring (bicyclic) bond motifs is 1. The van der Waals surface area contributed by atoms with Crippen LogP contribution < -0.4 is 9.80 Å². The van der Waals surface area contributed by atoms with Crippen molar-refractivity contribution < 1.29 is 27.8 Å². The highest BCUT2D eigenvalue weighted by molar-refractivity contribution is 5.91. The number of hydrogen-bond acceptors (Lipinski definition) is 6. The largest absolute Gasteiger partial charge is 0.444 e. The number of rotatable bonds is 4. The molecule has 3 heterocycles. The Hall–Kier alpha value is -2.88. The highest BCUT2D eigenvalue weighted by atomic mass is 19.4. The number of nitrogens with zero attached hydrogens (tertiary/aromatic N) is 4. The Kier molecular flexibility index (Phi) is 5.98. The lowest BCUT2D eigenvalue weighted by Gasteiger charge is -2.40. The number of benzene rings is 1. The molecule has 1 fully saturated rings. The fourth-order valence-corrected chi connectivity index (χ4v) is 4.50. The van der Waals surface area contributed by atoms with Gasteiger partial charge < -0.3 is 14.7 Å². The third-order valence-corrected chi connectivity index (χ3v) is 6.35. The molecule has 2 aliphatic rings. The lowest BCUT2D eigenvalue weighted by molar-refractivity contribution is -0.141. The molecule has 1 saturated heterocycles. The predicted molar refractivity (Wildman–Crippen MR) is 116 cm³/mol. The van der Waals surface area contributed by atoms with Crippen LogP contribution in [0, 0.1) is 6.92 Å². The maximum atomic E-state index is 13.7. The average Bonchev–Trinajstić information content (AvgIpc) is 2.78. The van der Waals surface area contributed by atoms with Crippen molar-refractivity contribution in [2.45, 2.75) is 57.9 Å². The van der Waals surface area contributed by atoms with Crippen LogP contribution in [0.5, 0.6) is 0 Å². The molecule has 0 bridgehead atoms. The molecule has 2 aromatic rings. The van der Waals surface area contributed by atoms with Gasteiger partial charge in [-0.2, -0.15) is 13.2 Å². The van der Waals surface area contributed by atoms with Crippen LogP contribution in [-0.4, -0.2) is 46.9 Å². The first-order valence-electron chi connectivity index (χ1n) is 10.9. The summed E-state index contributed by atoms with van der Waals surface area (Å²) >= 11 is 0. The normalized spacial score (nSPS) is 17.7. The summed E-state index contributed by atoms with van der Waals surface area (Å²) in [5, 5.41) is 9.75. The average molecular weight is 464 g/mol. The van der Waals surface area contributed by atoms with E-state index in [1.807, 2.05) is 24.3 Å². The Morgan fingerprint density at radius 1 is 1.12 bits per heavy atom. The van der Waals surface area contributed by atoms with Gasteiger partial charge in [-0.05, 0) is 25.8 Å². The van der Waals surface area contributed by atoms with E-state index >= 15 is 0 Å². The van der Waals surface area contributed by atoms with Crippen LogP contribution in [-0.2, 0) is 22.9 Å². The van der Waals surface area contributed by atoms with Crippen molar-refractivity contribution in [2.75, 3.05) is 29.5 Å². The van der Waals surface area contributed by atoms with Gasteiger partial charge in [0.15, 0.2) is 5.69 Å². The molecule has 0 atom stereocenters. The minimum absolute atomic E-state index is 0.00970. The number of para-hydroxylation sites is 1. The van der Waals surface area contributed by atoms with Crippen LogP contribution in [0.25, 0.3) is 0 Å². The Morgan fingerprint density at radius 3 is 2.39 bits per heavy atom. The summed E-state index contributed by atoms with van der Waals surface area (Å²) in [7, 11) is 0. The van der Waals surface area contributed by atoms with Gasteiger partial charge in [0.2, 0.25) is 5.95 Å². The van der Waals surface area contributed by atoms with Gasteiger partial charge in [0, 0.05) is 35.7 Å². The zero-order chi connectivity index (χ0) is 24.0. The van der Waals surface area contributed by atoms with Gasteiger partial charge in [-0.3, -0.25) is 4.90 Å². The van der Waals surface area contributed by atoms with Crippen LogP contribution in [0.3, 0.4) is 0 Å². The van der Waals surface area contributed by atoms with E-state index in [1.165, 1.54) is 6.92 Å². The predicted octanol–water partition coefficient (Wildman–Crippen LogP) is 4.20. The second kappa shape index (κ2) is 8.48. The fourth-order valence-electron chi connectivity index (χ4n) is 4.50. The highest BCUT2D eigenvalue weighted by Gasteiger charge is 2.40. The molecule has 4 rings (SSSR count). The number of carbonyl (C=O) groups excluding carboxylic acids is 1. The van der Waals surface area contributed by atoms with E-state index in [0.717, 1.165) is 11.3 Å².